The lowest BCUT2D eigenvalue weighted by atomic mass is 10.1. The third kappa shape index (κ3) is 5.28. The number of carbonyl (C=O) groups is 1. The maximum atomic E-state index is 12.8. The van der Waals surface area contributed by atoms with Crippen molar-refractivity contribution in [1.82, 2.24) is 9.21 Å². The second-order valence-corrected chi connectivity index (χ2v) is 9.02. The van der Waals surface area contributed by atoms with Gasteiger partial charge in [0, 0.05) is 44.9 Å². The molecule has 150 valence electrons. The van der Waals surface area contributed by atoms with E-state index in [1.807, 2.05) is 0 Å². The van der Waals surface area contributed by atoms with Crippen molar-refractivity contribution in [3.63, 3.8) is 0 Å². The summed E-state index contributed by atoms with van der Waals surface area (Å²) >= 11 is 0. The second-order valence-electron chi connectivity index (χ2n) is 7.08. The normalized spacial score (nSPS) is 22.0. The average molecular weight is 396 g/mol. The number of sulfonamides is 1. The molecule has 1 aromatic carbocycles. The molecule has 3 rings (SSSR count). The number of amides is 1. The fourth-order valence-electron chi connectivity index (χ4n) is 3.53. The van der Waals surface area contributed by atoms with Crippen LogP contribution in [-0.2, 0) is 19.6 Å². The van der Waals surface area contributed by atoms with Crippen molar-refractivity contribution in [2.75, 3.05) is 44.6 Å². The molecule has 0 saturated carbocycles. The number of ether oxygens (including phenoxy) is 1. The molecule has 8 heteroatoms. The topological polar surface area (TPSA) is 79.0 Å². The number of nitrogens with zero attached hydrogens (tertiary/aromatic N) is 2. The molecule has 1 unspecified atom stereocenters. The molecule has 1 N–H and O–H groups in total. The summed E-state index contributed by atoms with van der Waals surface area (Å²) in [5.74, 6) is -0.0724. The first-order valence-corrected chi connectivity index (χ1v) is 11.2. The third-order valence-electron chi connectivity index (χ3n) is 5.27. The van der Waals surface area contributed by atoms with Crippen LogP contribution in [0, 0.1) is 0 Å². The second kappa shape index (κ2) is 9.14. The number of likely N-dealkylation sites (N-methyl/N-ethyl adjacent to an activating group) is 1. The fraction of sp³-hybridized carbons (Fsp3) is 0.632. The van der Waals surface area contributed by atoms with Gasteiger partial charge in [-0.1, -0.05) is 6.92 Å². The number of anilines is 1. The minimum Gasteiger partial charge on any atom is -0.378 e. The van der Waals surface area contributed by atoms with E-state index in [0.717, 1.165) is 45.5 Å². The van der Waals surface area contributed by atoms with Crippen molar-refractivity contribution in [2.45, 2.75) is 43.6 Å². The zero-order valence-corrected chi connectivity index (χ0v) is 16.7. The van der Waals surface area contributed by atoms with Gasteiger partial charge < -0.3 is 15.0 Å². The Kier molecular flexibility index (Phi) is 6.86. The monoisotopic (exact) mass is 395 g/mol. The van der Waals surface area contributed by atoms with E-state index in [9.17, 15) is 13.2 Å². The molecule has 2 aliphatic heterocycles. The Hall–Kier alpha value is -1.48. The number of rotatable bonds is 7. The van der Waals surface area contributed by atoms with Gasteiger partial charge in [-0.15, -0.1) is 0 Å². The van der Waals surface area contributed by atoms with Crippen LogP contribution in [0.4, 0.5) is 5.69 Å². The van der Waals surface area contributed by atoms with Gasteiger partial charge in [0.25, 0.3) is 0 Å². The van der Waals surface area contributed by atoms with Crippen LogP contribution in [0.3, 0.4) is 0 Å². The molecule has 7 nitrogen and oxygen atoms in total. The SMILES string of the molecule is CCN1CCN(S(=O)(=O)c2ccc(NC(=O)CCC3CCCO3)cc2)CC1. The molecule has 2 saturated heterocycles. The van der Waals surface area contributed by atoms with E-state index in [1.165, 1.54) is 4.31 Å². The summed E-state index contributed by atoms with van der Waals surface area (Å²) in [7, 11) is -3.48. The van der Waals surface area contributed by atoms with Crippen molar-refractivity contribution in [1.29, 1.82) is 0 Å². The van der Waals surface area contributed by atoms with Crippen LogP contribution in [0.5, 0.6) is 0 Å². The van der Waals surface area contributed by atoms with Gasteiger partial charge in [0.15, 0.2) is 0 Å². The van der Waals surface area contributed by atoms with Crippen molar-refractivity contribution >= 4 is 21.6 Å². The number of hydrogen-bond donors (Lipinski definition) is 1. The largest absolute Gasteiger partial charge is 0.378 e. The number of piperazine rings is 1. The maximum Gasteiger partial charge on any atom is 0.243 e. The van der Waals surface area contributed by atoms with Gasteiger partial charge in [-0.3, -0.25) is 4.79 Å². The van der Waals surface area contributed by atoms with Crippen LogP contribution >= 0.6 is 0 Å². The Morgan fingerprint density at radius 2 is 1.89 bits per heavy atom. The Balaban J connectivity index is 1.53. The summed E-state index contributed by atoms with van der Waals surface area (Å²) in [6.07, 6.45) is 3.41. The Labute approximate surface area is 161 Å². The van der Waals surface area contributed by atoms with Crippen LogP contribution < -0.4 is 5.32 Å². The zero-order chi connectivity index (χ0) is 19.3. The Morgan fingerprint density at radius 1 is 1.19 bits per heavy atom. The van der Waals surface area contributed by atoms with Gasteiger partial charge in [0.05, 0.1) is 11.0 Å². The molecule has 2 aliphatic rings. The van der Waals surface area contributed by atoms with Gasteiger partial charge in [0.1, 0.15) is 0 Å². The lowest BCUT2D eigenvalue weighted by Gasteiger charge is -2.33. The summed E-state index contributed by atoms with van der Waals surface area (Å²) in [4.78, 5) is 14.6. The molecular weight excluding hydrogens is 366 g/mol. The average Bonchev–Trinajstić information content (AvgIpc) is 3.20. The summed E-state index contributed by atoms with van der Waals surface area (Å²) in [6, 6.07) is 6.44. The van der Waals surface area contributed by atoms with Gasteiger partial charge >= 0.3 is 0 Å². The first-order chi connectivity index (χ1) is 13.0. The maximum absolute atomic E-state index is 12.8. The Bertz CT molecular complexity index is 722. The predicted octanol–water partition coefficient (Wildman–Crippen LogP) is 1.91. The van der Waals surface area contributed by atoms with Gasteiger partial charge in [-0.05, 0) is 50.1 Å². The van der Waals surface area contributed by atoms with Crippen LogP contribution in [0.25, 0.3) is 0 Å². The lowest BCUT2D eigenvalue weighted by Crippen LogP contribution is -2.48. The van der Waals surface area contributed by atoms with Crippen LogP contribution in [-0.4, -0.2) is 69.0 Å². The summed E-state index contributed by atoms with van der Waals surface area (Å²) in [5.41, 5.74) is 0.613. The van der Waals surface area contributed by atoms with E-state index in [2.05, 4.69) is 17.1 Å². The van der Waals surface area contributed by atoms with Crippen molar-refractivity contribution < 1.29 is 17.9 Å². The molecule has 1 amide bonds. The molecule has 0 spiro atoms. The van der Waals surface area contributed by atoms with Crippen LogP contribution in [0.15, 0.2) is 29.2 Å². The summed E-state index contributed by atoms with van der Waals surface area (Å²) < 4.78 is 32.6. The highest BCUT2D eigenvalue weighted by molar-refractivity contribution is 7.89. The molecule has 1 aromatic rings. The molecule has 2 fully saturated rings. The number of hydrogen-bond acceptors (Lipinski definition) is 5. The standard InChI is InChI=1S/C19H29N3O4S/c1-2-21-11-13-22(14-12-21)27(24,25)18-8-5-16(6-9-18)20-19(23)10-7-17-4-3-15-26-17/h5-6,8-9,17H,2-4,7,10-15H2,1H3,(H,20,23). The number of nitrogens with one attached hydrogen (secondary N) is 1. The summed E-state index contributed by atoms with van der Waals surface area (Å²) in [5, 5.41) is 2.83. The highest BCUT2D eigenvalue weighted by Gasteiger charge is 2.28. The van der Waals surface area contributed by atoms with E-state index in [4.69, 9.17) is 4.74 Å². The third-order valence-corrected chi connectivity index (χ3v) is 7.18. The van der Waals surface area contributed by atoms with E-state index < -0.39 is 10.0 Å². The first-order valence-electron chi connectivity index (χ1n) is 9.73. The van der Waals surface area contributed by atoms with E-state index >= 15 is 0 Å². The highest BCUT2D eigenvalue weighted by atomic mass is 32.2. The summed E-state index contributed by atoms with van der Waals surface area (Å²) in [6.45, 7) is 6.35. The quantitative estimate of drug-likeness (QED) is 0.763. The molecule has 0 bridgehead atoms. The van der Waals surface area contributed by atoms with Crippen molar-refractivity contribution in [3.05, 3.63) is 24.3 Å². The van der Waals surface area contributed by atoms with E-state index in [0.29, 0.717) is 25.2 Å². The Morgan fingerprint density at radius 3 is 2.48 bits per heavy atom. The molecule has 0 aromatic heterocycles. The van der Waals surface area contributed by atoms with Crippen molar-refractivity contribution in [2.24, 2.45) is 0 Å². The molecule has 0 radical (unpaired) electrons. The predicted molar refractivity (Wildman–Crippen MR) is 104 cm³/mol. The minimum atomic E-state index is -3.48. The molecular formula is C19H29N3O4S. The van der Waals surface area contributed by atoms with Gasteiger partial charge in [-0.2, -0.15) is 4.31 Å². The first kappa shape index (κ1) is 20.3. The highest BCUT2D eigenvalue weighted by Crippen LogP contribution is 2.21. The minimum absolute atomic E-state index is 0.0724. The molecule has 0 aliphatic carbocycles. The van der Waals surface area contributed by atoms with E-state index in [-0.39, 0.29) is 16.9 Å². The smallest absolute Gasteiger partial charge is 0.243 e. The molecule has 2 heterocycles. The van der Waals surface area contributed by atoms with Crippen LogP contribution in [0.2, 0.25) is 0 Å². The number of carbonyl (C=O) groups excluding carboxylic acids is 1. The zero-order valence-electron chi connectivity index (χ0n) is 15.9. The molecule has 1 atom stereocenters. The van der Waals surface area contributed by atoms with Gasteiger partial charge in [-0.25, -0.2) is 8.42 Å². The van der Waals surface area contributed by atoms with E-state index in [1.54, 1.807) is 24.3 Å². The fourth-order valence-corrected chi connectivity index (χ4v) is 4.96. The lowest BCUT2D eigenvalue weighted by molar-refractivity contribution is -0.116. The molecule has 27 heavy (non-hydrogen) atoms. The van der Waals surface area contributed by atoms with Gasteiger partial charge in [0.2, 0.25) is 15.9 Å². The number of benzene rings is 1. The van der Waals surface area contributed by atoms with Crippen molar-refractivity contribution in [3.8, 4) is 0 Å². The van der Waals surface area contributed by atoms with Crippen LogP contribution in [0.1, 0.15) is 32.6 Å².